The molecule has 0 saturated carbocycles. The number of alkyl halides is 3. The molecule has 0 unspecified atom stereocenters. The molecule has 1 rings (SSSR count). The molecule has 0 aliphatic rings. The fraction of sp³-hybridized carbons (Fsp3) is 0.400. The van der Waals surface area contributed by atoms with Crippen molar-refractivity contribution in [3.05, 3.63) is 28.0 Å². The van der Waals surface area contributed by atoms with E-state index in [9.17, 15) is 13.6 Å². The lowest BCUT2D eigenvalue weighted by atomic mass is 10.1. The first-order valence-corrected chi connectivity index (χ1v) is 5.50. The summed E-state index contributed by atoms with van der Waals surface area (Å²) in [6.07, 6.45) is -2.96. The number of nitrogens with zero attached hydrogens (tertiary/aromatic N) is 1. The maximum atomic E-state index is 12.7. The van der Waals surface area contributed by atoms with Gasteiger partial charge in [-0.15, -0.1) is 11.6 Å². The summed E-state index contributed by atoms with van der Waals surface area (Å²) in [6.45, 7) is 0. The second-order valence-corrected chi connectivity index (χ2v) is 3.80. The maximum Gasteiger partial charge on any atom is 0.311 e. The van der Waals surface area contributed by atoms with Gasteiger partial charge in [-0.2, -0.15) is 0 Å². The van der Waals surface area contributed by atoms with E-state index in [1.807, 2.05) is 0 Å². The molecule has 0 fully saturated rings. The van der Waals surface area contributed by atoms with Gasteiger partial charge in [0.15, 0.2) is 0 Å². The fourth-order valence-corrected chi connectivity index (χ4v) is 1.84. The zero-order valence-corrected chi connectivity index (χ0v) is 10.4. The summed E-state index contributed by atoms with van der Waals surface area (Å²) in [5.74, 6) is -0.762. The molecule has 1 heterocycles. The summed E-state index contributed by atoms with van der Waals surface area (Å²) in [6, 6.07) is 1.05. The lowest BCUT2D eigenvalue weighted by Gasteiger charge is -2.11. The molecule has 0 aliphatic heterocycles. The lowest BCUT2D eigenvalue weighted by molar-refractivity contribution is -0.139. The normalized spacial score (nSPS) is 10.7. The Morgan fingerprint density at radius 2 is 2.24 bits per heavy atom. The van der Waals surface area contributed by atoms with Crippen LogP contribution in [-0.2, 0) is 21.8 Å². The molecule has 0 aromatic carbocycles. The van der Waals surface area contributed by atoms with E-state index in [1.54, 1.807) is 0 Å². The van der Waals surface area contributed by atoms with Crippen LogP contribution in [0.3, 0.4) is 0 Å². The van der Waals surface area contributed by atoms with Crippen molar-refractivity contribution in [1.29, 1.82) is 0 Å². The third kappa shape index (κ3) is 3.51. The van der Waals surface area contributed by atoms with Crippen molar-refractivity contribution in [2.24, 2.45) is 0 Å². The highest BCUT2D eigenvalue weighted by atomic mass is 35.5. The minimum atomic E-state index is -2.72. The van der Waals surface area contributed by atoms with Crippen LogP contribution in [0.15, 0.2) is 6.07 Å². The van der Waals surface area contributed by atoms with Crippen LogP contribution in [0.4, 0.5) is 8.78 Å². The summed E-state index contributed by atoms with van der Waals surface area (Å²) >= 11 is 11.2. The molecule has 0 amide bonds. The number of rotatable bonds is 4. The third-order valence-electron chi connectivity index (χ3n) is 2.12. The number of pyridine rings is 1. The maximum absolute atomic E-state index is 12.7. The SMILES string of the molecule is COC(=O)Cc1nc(Cl)cc(C(F)F)c1CCl. The van der Waals surface area contributed by atoms with Crippen LogP contribution in [0.2, 0.25) is 5.15 Å². The molecule has 0 aliphatic carbocycles. The van der Waals surface area contributed by atoms with E-state index in [0.29, 0.717) is 0 Å². The minimum absolute atomic E-state index is 0.104. The Morgan fingerprint density at radius 3 is 2.71 bits per heavy atom. The fourth-order valence-electron chi connectivity index (χ4n) is 1.31. The van der Waals surface area contributed by atoms with Crippen LogP contribution in [0, 0.1) is 0 Å². The lowest BCUT2D eigenvalue weighted by Crippen LogP contribution is -2.10. The number of carbonyl (C=O) groups is 1. The van der Waals surface area contributed by atoms with E-state index in [0.717, 1.165) is 6.07 Å². The summed E-state index contributed by atoms with van der Waals surface area (Å²) in [4.78, 5) is 14.9. The van der Waals surface area contributed by atoms with Crippen LogP contribution >= 0.6 is 23.2 Å². The van der Waals surface area contributed by atoms with E-state index in [2.05, 4.69) is 9.72 Å². The molecule has 0 saturated heterocycles. The number of aromatic nitrogens is 1. The smallest absolute Gasteiger partial charge is 0.311 e. The topological polar surface area (TPSA) is 39.2 Å². The standard InChI is InChI=1S/C10H9Cl2F2NO2/c1-17-9(16)3-7-6(4-11)5(10(13)14)2-8(12)15-7/h2,10H,3-4H2,1H3. The van der Waals surface area contributed by atoms with E-state index in [1.165, 1.54) is 7.11 Å². The Balaban J connectivity index is 3.23. The first kappa shape index (κ1) is 14.1. The van der Waals surface area contributed by atoms with E-state index in [-0.39, 0.29) is 34.3 Å². The molecular formula is C10H9Cl2F2NO2. The number of halogens is 4. The Morgan fingerprint density at radius 1 is 1.59 bits per heavy atom. The summed E-state index contributed by atoms with van der Waals surface area (Å²) in [5, 5.41) is -0.104. The van der Waals surface area contributed by atoms with Crippen LogP contribution in [0.5, 0.6) is 0 Å². The summed E-state index contributed by atoms with van der Waals surface area (Å²) in [5.41, 5.74) is -0.0648. The summed E-state index contributed by atoms with van der Waals surface area (Å²) < 4.78 is 29.9. The van der Waals surface area contributed by atoms with Crippen LogP contribution in [0.25, 0.3) is 0 Å². The number of ether oxygens (including phenoxy) is 1. The Kier molecular flexibility index (Phi) is 5.08. The molecule has 0 atom stereocenters. The van der Waals surface area contributed by atoms with Crippen molar-refractivity contribution in [3.63, 3.8) is 0 Å². The molecule has 0 bridgehead atoms. The van der Waals surface area contributed by atoms with Crippen molar-refractivity contribution < 1.29 is 18.3 Å². The number of carbonyl (C=O) groups excluding carboxylic acids is 1. The van der Waals surface area contributed by atoms with Gasteiger partial charge in [0.2, 0.25) is 0 Å². The predicted octanol–water partition coefficient (Wildman–Crippen LogP) is 3.13. The quantitative estimate of drug-likeness (QED) is 0.484. The highest BCUT2D eigenvalue weighted by Crippen LogP contribution is 2.28. The monoisotopic (exact) mass is 283 g/mol. The second-order valence-electron chi connectivity index (χ2n) is 3.15. The molecular weight excluding hydrogens is 275 g/mol. The molecule has 0 spiro atoms. The third-order valence-corrected chi connectivity index (χ3v) is 2.58. The first-order valence-electron chi connectivity index (χ1n) is 4.58. The second kappa shape index (κ2) is 6.12. The Hall–Kier alpha value is -0.940. The Bertz CT molecular complexity index is 427. The van der Waals surface area contributed by atoms with Gasteiger partial charge in [0, 0.05) is 11.4 Å². The zero-order chi connectivity index (χ0) is 13.0. The van der Waals surface area contributed by atoms with Crippen LogP contribution in [-0.4, -0.2) is 18.1 Å². The van der Waals surface area contributed by atoms with Gasteiger partial charge in [0.1, 0.15) is 5.15 Å². The average molecular weight is 284 g/mol. The van der Waals surface area contributed by atoms with Gasteiger partial charge in [-0.1, -0.05) is 11.6 Å². The number of hydrogen-bond acceptors (Lipinski definition) is 3. The van der Waals surface area contributed by atoms with Gasteiger partial charge in [0.05, 0.1) is 19.2 Å². The van der Waals surface area contributed by atoms with Gasteiger partial charge in [-0.05, 0) is 11.6 Å². The van der Waals surface area contributed by atoms with Gasteiger partial charge >= 0.3 is 5.97 Å². The van der Waals surface area contributed by atoms with Gasteiger partial charge < -0.3 is 4.74 Å². The molecule has 0 N–H and O–H groups in total. The number of methoxy groups -OCH3 is 1. The highest BCUT2D eigenvalue weighted by Gasteiger charge is 2.20. The number of esters is 1. The number of hydrogen-bond donors (Lipinski definition) is 0. The van der Waals surface area contributed by atoms with Crippen molar-refractivity contribution in [1.82, 2.24) is 4.98 Å². The van der Waals surface area contributed by atoms with Gasteiger partial charge in [-0.25, -0.2) is 13.8 Å². The molecule has 0 radical (unpaired) electrons. The van der Waals surface area contributed by atoms with E-state index < -0.39 is 12.4 Å². The first-order chi connectivity index (χ1) is 7.99. The van der Waals surface area contributed by atoms with Crippen molar-refractivity contribution >= 4 is 29.2 Å². The molecule has 94 valence electrons. The minimum Gasteiger partial charge on any atom is -0.469 e. The zero-order valence-electron chi connectivity index (χ0n) is 8.84. The van der Waals surface area contributed by atoms with E-state index in [4.69, 9.17) is 23.2 Å². The Labute approximate surface area is 107 Å². The van der Waals surface area contributed by atoms with Crippen molar-refractivity contribution in [3.8, 4) is 0 Å². The predicted molar refractivity (Wildman–Crippen MR) is 59.5 cm³/mol. The van der Waals surface area contributed by atoms with Gasteiger partial charge in [-0.3, -0.25) is 4.79 Å². The molecule has 3 nitrogen and oxygen atoms in total. The van der Waals surface area contributed by atoms with Gasteiger partial charge in [0.25, 0.3) is 6.43 Å². The van der Waals surface area contributed by atoms with Crippen LogP contribution in [0.1, 0.15) is 23.2 Å². The molecule has 1 aromatic heterocycles. The average Bonchev–Trinajstić information content (AvgIpc) is 2.28. The van der Waals surface area contributed by atoms with Crippen LogP contribution < -0.4 is 0 Å². The summed E-state index contributed by atoms with van der Waals surface area (Å²) in [7, 11) is 1.20. The van der Waals surface area contributed by atoms with E-state index >= 15 is 0 Å². The molecule has 7 heteroatoms. The highest BCUT2D eigenvalue weighted by molar-refractivity contribution is 6.29. The van der Waals surface area contributed by atoms with Crippen molar-refractivity contribution in [2.75, 3.05) is 7.11 Å². The molecule has 17 heavy (non-hydrogen) atoms. The van der Waals surface area contributed by atoms with Crippen molar-refractivity contribution in [2.45, 2.75) is 18.7 Å². The molecule has 1 aromatic rings. The largest absolute Gasteiger partial charge is 0.469 e.